The highest BCUT2D eigenvalue weighted by Gasteiger charge is 2.34. The molecule has 0 aliphatic carbocycles. The first kappa shape index (κ1) is 15.8. The molecule has 0 amide bonds. The van der Waals surface area contributed by atoms with E-state index in [0.717, 1.165) is 6.07 Å². The molecule has 0 bridgehead atoms. The van der Waals surface area contributed by atoms with Gasteiger partial charge in [0.05, 0.1) is 25.3 Å². The Bertz CT molecular complexity index is 699. The highest BCUT2D eigenvalue weighted by atomic mass is 19.4. The largest absolute Gasteiger partial charge is 0.495 e. The summed E-state index contributed by atoms with van der Waals surface area (Å²) in [5.41, 5.74) is -0.731. The second-order valence-corrected chi connectivity index (χ2v) is 4.48. The lowest BCUT2D eigenvalue weighted by Crippen LogP contribution is -2.10. The Kier molecular flexibility index (Phi) is 4.35. The number of methoxy groups -OCH3 is 1. The Morgan fingerprint density at radius 1 is 1.23 bits per heavy atom. The molecule has 0 aliphatic rings. The maximum Gasteiger partial charge on any atom is 0.417 e. The molecule has 0 unspecified atom stereocenters. The minimum Gasteiger partial charge on any atom is -0.495 e. The number of benzene rings is 1. The van der Waals surface area contributed by atoms with E-state index >= 15 is 0 Å². The molecule has 1 N–H and O–H groups in total. The van der Waals surface area contributed by atoms with Crippen molar-refractivity contribution in [2.24, 2.45) is 0 Å². The molecule has 1 aromatic carbocycles. The van der Waals surface area contributed by atoms with Crippen molar-refractivity contribution in [3.05, 3.63) is 47.8 Å². The summed E-state index contributed by atoms with van der Waals surface area (Å²) in [6.45, 7) is 0. The number of pyridine rings is 1. The van der Waals surface area contributed by atoms with Crippen LogP contribution in [0.4, 0.5) is 13.2 Å². The monoisotopic (exact) mass is 311 g/mol. The molecule has 116 valence electrons. The Hall–Kier alpha value is -2.57. The van der Waals surface area contributed by atoms with Crippen LogP contribution in [0.15, 0.2) is 36.7 Å². The summed E-state index contributed by atoms with van der Waals surface area (Å²) in [6.07, 6.45) is -2.53. The predicted octanol–water partition coefficient (Wildman–Crippen LogP) is 3.40. The topological polar surface area (TPSA) is 59.4 Å². The van der Waals surface area contributed by atoms with Gasteiger partial charge in [-0.2, -0.15) is 13.2 Å². The molecule has 2 aromatic rings. The summed E-state index contributed by atoms with van der Waals surface area (Å²) in [4.78, 5) is 14.8. The van der Waals surface area contributed by atoms with E-state index in [9.17, 15) is 18.0 Å². The maximum atomic E-state index is 13.1. The predicted molar refractivity (Wildman–Crippen MR) is 72.6 cm³/mol. The molecule has 1 aromatic heterocycles. The molecule has 1 heterocycles. The molecule has 22 heavy (non-hydrogen) atoms. The lowest BCUT2D eigenvalue weighted by atomic mass is 9.95. The third-order valence-corrected chi connectivity index (χ3v) is 3.09. The normalized spacial score (nSPS) is 11.3. The first-order valence-corrected chi connectivity index (χ1v) is 6.24. The summed E-state index contributed by atoms with van der Waals surface area (Å²) < 4.78 is 44.5. The number of hydrogen-bond acceptors (Lipinski definition) is 3. The average Bonchev–Trinajstić information content (AvgIpc) is 2.46. The van der Waals surface area contributed by atoms with Crippen molar-refractivity contribution in [2.75, 3.05) is 7.11 Å². The van der Waals surface area contributed by atoms with Gasteiger partial charge in [0.15, 0.2) is 0 Å². The number of hydrogen-bond donors (Lipinski definition) is 1. The molecular weight excluding hydrogens is 299 g/mol. The fraction of sp³-hybridized carbons (Fsp3) is 0.200. The molecule has 4 nitrogen and oxygen atoms in total. The lowest BCUT2D eigenvalue weighted by molar-refractivity contribution is -0.137. The number of halogens is 3. The maximum absolute atomic E-state index is 13.1. The molecule has 0 aliphatic heterocycles. The number of carboxylic acids is 1. The number of nitrogens with zero attached hydrogens (tertiary/aromatic N) is 1. The van der Waals surface area contributed by atoms with Gasteiger partial charge in [0, 0.05) is 17.3 Å². The van der Waals surface area contributed by atoms with Crippen LogP contribution >= 0.6 is 0 Å². The van der Waals surface area contributed by atoms with Crippen LogP contribution in [-0.2, 0) is 17.4 Å². The van der Waals surface area contributed by atoms with Gasteiger partial charge in [-0.25, -0.2) is 0 Å². The number of carbonyl (C=O) groups is 1. The molecule has 0 spiro atoms. The third-order valence-electron chi connectivity index (χ3n) is 3.09. The Morgan fingerprint density at radius 2 is 1.91 bits per heavy atom. The molecule has 7 heteroatoms. The van der Waals surface area contributed by atoms with Crippen LogP contribution in [0.3, 0.4) is 0 Å². The van der Waals surface area contributed by atoms with E-state index in [1.54, 1.807) is 0 Å². The van der Waals surface area contributed by atoms with Crippen molar-refractivity contribution in [1.29, 1.82) is 0 Å². The minimum atomic E-state index is -4.56. The Morgan fingerprint density at radius 3 is 2.50 bits per heavy atom. The van der Waals surface area contributed by atoms with Gasteiger partial charge in [0.25, 0.3) is 0 Å². The molecule has 2 rings (SSSR count). The number of alkyl halides is 3. The zero-order valence-corrected chi connectivity index (χ0v) is 11.5. The van der Waals surface area contributed by atoms with Gasteiger partial charge in [-0.05, 0) is 11.6 Å². The van der Waals surface area contributed by atoms with Gasteiger partial charge in [-0.15, -0.1) is 0 Å². The van der Waals surface area contributed by atoms with Crippen molar-refractivity contribution >= 4 is 5.97 Å². The molecule has 0 atom stereocenters. The fourth-order valence-electron chi connectivity index (χ4n) is 2.17. The van der Waals surface area contributed by atoms with Crippen LogP contribution < -0.4 is 4.74 Å². The van der Waals surface area contributed by atoms with Crippen molar-refractivity contribution < 1.29 is 27.8 Å². The second-order valence-electron chi connectivity index (χ2n) is 4.48. The fourth-order valence-corrected chi connectivity index (χ4v) is 2.17. The minimum absolute atomic E-state index is 0.0923. The van der Waals surface area contributed by atoms with Crippen LogP contribution in [0.25, 0.3) is 11.1 Å². The smallest absolute Gasteiger partial charge is 0.417 e. The van der Waals surface area contributed by atoms with Gasteiger partial charge >= 0.3 is 12.1 Å². The molecule has 0 radical (unpaired) electrons. The van der Waals surface area contributed by atoms with Crippen LogP contribution in [0.2, 0.25) is 0 Å². The first-order valence-electron chi connectivity index (χ1n) is 6.24. The molecule has 0 fully saturated rings. The highest BCUT2D eigenvalue weighted by molar-refractivity contribution is 5.79. The van der Waals surface area contributed by atoms with Gasteiger partial charge < -0.3 is 9.84 Å². The van der Waals surface area contributed by atoms with Gasteiger partial charge in [0.1, 0.15) is 5.75 Å². The average molecular weight is 311 g/mol. The summed E-state index contributed by atoms with van der Waals surface area (Å²) in [6, 6.07) is 4.95. The van der Waals surface area contributed by atoms with Crippen molar-refractivity contribution in [3.8, 4) is 16.9 Å². The van der Waals surface area contributed by atoms with Crippen LogP contribution in [0, 0.1) is 0 Å². The summed E-state index contributed by atoms with van der Waals surface area (Å²) in [7, 11) is 1.31. The summed E-state index contributed by atoms with van der Waals surface area (Å²) >= 11 is 0. The zero-order chi connectivity index (χ0) is 16.3. The van der Waals surface area contributed by atoms with E-state index in [1.165, 1.54) is 37.7 Å². The Labute approximate surface area is 124 Å². The van der Waals surface area contributed by atoms with Gasteiger partial charge in [0.2, 0.25) is 0 Å². The lowest BCUT2D eigenvalue weighted by Gasteiger charge is -2.16. The molecule has 0 saturated carbocycles. The molecule has 0 saturated heterocycles. The van der Waals surface area contributed by atoms with Crippen LogP contribution in [0.5, 0.6) is 5.75 Å². The van der Waals surface area contributed by atoms with E-state index in [1.807, 2.05) is 0 Å². The van der Waals surface area contributed by atoms with Gasteiger partial charge in [-0.1, -0.05) is 18.2 Å². The van der Waals surface area contributed by atoms with E-state index in [2.05, 4.69) is 4.98 Å². The van der Waals surface area contributed by atoms with Crippen molar-refractivity contribution in [1.82, 2.24) is 4.98 Å². The molecular formula is C15H12F3NO3. The highest BCUT2D eigenvalue weighted by Crippen LogP contribution is 2.39. The first-order chi connectivity index (χ1) is 10.3. The van der Waals surface area contributed by atoms with E-state index in [4.69, 9.17) is 9.84 Å². The summed E-state index contributed by atoms with van der Waals surface area (Å²) in [5.74, 6) is -1.04. The van der Waals surface area contributed by atoms with Crippen molar-refractivity contribution in [3.63, 3.8) is 0 Å². The number of carboxylic acid groups (broad SMARTS) is 1. The number of aromatic nitrogens is 1. The van der Waals surface area contributed by atoms with Gasteiger partial charge in [-0.3, -0.25) is 9.78 Å². The standard InChI is InChI=1S/C15H12F3NO3/c1-22-13-8-19-7-11(10(13)6-14(20)21)9-4-2-3-5-12(9)15(16,17)18/h2-5,7-8H,6H2,1H3,(H,20,21). The zero-order valence-electron chi connectivity index (χ0n) is 11.5. The van der Waals surface area contributed by atoms with E-state index in [0.29, 0.717) is 0 Å². The number of ether oxygens (including phenoxy) is 1. The SMILES string of the molecule is COc1cncc(-c2ccccc2C(F)(F)F)c1CC(=O)O. The van der Waals surface area contributed by atoms with E-state index < -0.39 is 24.1 Å². The Balaban J connectivity index is 2.70. The second kappa shape index (κ2) is 6.05. The van der Waals surface area contributed by atoms with Crippen LogP contribution in [-0.4, -0.2) is 23.2 Å². The number of aliphatic carboxylic acids is 1. The summed E-state index contributed by atoms with van der Waals surface area (Å²) in [5, 5.41) is 8.99. The number of rotatable bonds is 4. The third kappa shape index (κ3) is 3.19. The van der Waals surface area contributed by atoms with E-state index in [-0.39, 0.29) is 22.4 Å². The van der Waals surface area contributed by atoms with Crippen molar-refractivity contribution in [2.45, 2.75) is 12.6 Å². The van der Waals surface area contributed by atoms with Crippen LogP contribution in [0.1, 0.15) is 11.1 Å². The quantitative estimate of drug-likeness (QED) is 0.940.